The van der Waals surface area contributed by atoms with Crippen LogP contribution in [0.15, 0.2) is 60.0 Å². The van der Waals surface area contributed by atoms with Gasteiger partial charge in [0.15, 0.2) is 5.69 Å². The van der Waals surface area contributed by atoms with Crippen molar-refractivity contribution in [2.24, 2.45) is 0 Å². The first kappa shape index (κ1) is 21.6. The standard InChI is InChI=1S/C22H23FN4O2S/c1-22(2,3)24-20(28)19(16-7-5-4-6-8-16)27(21(29)18-14-30-26-25-18)13-15-9-11-17(23)12-10-15/h4-12,14,19H,13H2,1-3H3,(H,24,28)/t19-/m1/s1. The van der Waals surface area contributed by atoms with E-state index < -0.39 is 17.5 Å². The Bertz CT molecular complexity index is 986. The molecule has 3 rings (SSSR count). The van der Waals surface area contributed by atoms with E-state index >= 15 is 0 Å². The number of hydrogen-bond donors (Lipinski definition) is 1. The Morgan fingerprint density at radius 1 is 1.10 bits per heavy atom. The monoisotopic (exact) mass is 426 g/mol. The number of halogens is 1. The van der Waals surface area contributed by atoms with Crippen molar-refractivity contribution in [1.29, 1.82) is 0 Å². The van der Waals surface area contributed by atoms with E-state index in [0.29, 0.717) is 11.1 Å². The predicted octanol–water partition coefficient (Wildman–Crippen LogP) is 3.98. The van der Waals surface area contributed by atoms with Crippen LogP contribution in [0.2, 0.25) is 0 Å². The Kier molecular flexibility index (Phi) is 6.56. The number of rotatable bonds is 6. The van der Waals surface area contributed by atoms with Crippen LogP contribution in [0.3, 0.4) is 0 Å². The molecule has 0 bridgehead atoms. The van der Waals surface area contributed by atoms with E-state index in [2.05, 4.69) is 14.9 Å². The van der Waals surface area contributed by atoms with E-state index in [4.69, 9.17) is 0 Å². The van der Waals surface area contributed by atoms with Crippen LogP contribution in [0.25, 0.3) is 0 Å². The lowest BCUT2D eigenvalue weighted by atomic mass is 10.0. The van der Waals surface area contributed by atoms with Crippen LogP contribution in [-0.2, 0) is 11.3 Å². The minimum Gasteiger partial charge on any atom is -0.349 e. The van der Waals surface area contributed by atoms with Gasteiger partial charge in [-0.1, -0.05) is 47.0 Å². The lowest BCUT2D eigenvalue weighted by Crippen LogP contribution is -2.49. The average molecular weight is 427 g/mol. The summed E-state index contributed by atoms with van der Waals surface area (Å²) in [5.74, 6) is -1.11. The molecule has 0 aliphatic rings. The number of amides is 2. The number of aromatic nitrogens is 2. The van der Waals surface area contributed by atoms with Crippen molar-refractivity contribution in [2.45, 2.75) is 38.9 Å². The van der Waals surface area contributed by atoms with Crippen LogP contribution >= 0.6 is 11.5 Å². The van der Waals surface area contributed by atoms with Crippen molar-refractivity contribution < 1.29 is 14.0 Å². The fraction of sp³-hybridized carbons (Fsp3) is 0.273. The van der Waals surface area contributed by atoms with Gasteiger partial charge in [-0.25, -0.2) is 4.39 Å². The van der Waals surface area contributed by atoms with Crippen LogP contribution in [0.1, 0.15) is 48.4 Å². The van der Waals surface area contributed by atoms with E-state index in [1.54, 1.807) is 29.6 Å². The van der Waals surface area contributed by atoms with E-state index in [-0.39, 0.29) is 24.0 Å². The highest BCUT2D eigenvalue weighted by molar-refractivity contribution is 7.03. The Hall–Kier alpha value is -3.13. The number of hydrogen-bond acceptors (Lipinski definition) is 5. The molecular weight excluding hydrogens is 403 g/mol. The Morgan fingerprint density at radius 2 is 1.77 bits per heavy atom. The molecule has 0 fully saturated rings. The Morgan fingerprint density at radius 3 is 2.33 bits per heavy atom. The van der Waals surface area contributed by atoms with Gasteiger partial charge in [0.05, 0.1) is 0 Å². The molecule has 30 heavy (non-hydrogen) atoms. The molecule has 2 aromatic carbocycles. The summed E-state index contributed by atoms with van der Waals surface area (Å²) in [7, 11) is 0. The van der Waals surface area contributed by atoms with Gasteiger partial charge in [-0.3, -0.25) is 9.59 Å². The number of carbonyl (C=O) groups excluding carboxylic acids is 2. The van der Waals surface area contributed by atoms with E-state index in [9.17, 15) is 14.0 Å². The summed E-state index contributed by atoms with van der Waals surface area (Å²) in [4.78, 5) is 28.1. The molecule has 2 amide bonds. The quantitative estimate of drug-likeness (QED) is 0.647. The Balaban J connectivity index is 2.06. The van der Waals surface area contributed by atoms with Crippen LogP contribution < -0.4 is 5.32 Å². The molecular formula is C22H23FN4O2S. The second kappa shape index (κ2) is 9.13. The molecule has 0 unspecified atom stereocenters. The fourth-order valence-corrected chi connectivity index (χ4v) is 3.45. The number of nitrogens with zero attached hydrogens (tertiary/aromatic N) is 3. The molecule has 0 spiro atoms. The maximum atomic E-state index is 13.4. The van der Waals surface area contributed by atoms with Gasteiger partial charge in [-0.05, 0) is 55.6 Å². The summed E-state index contributed by atoms with van der Waals surface area (Å²) < 4.78 is 17.2. The molecule has 0 aliphatic carbocycles. The van der Waals surface area contributed by atoms with Crippen LogP contribution in [0.5, 0.6) is 0 Å². The zero-order valence-electron chi connectivity index (χ0n) is 17.0. The lowest BCUT2D eigenvalue weighted by molar-refractivity contribution is -0.127. The van der Waals surface area contributed by atoms with E-state index in [1.165, 1.54) is 17.0 Å². The topological polar surface area (TPSA) is 75.2 Å². The highest BCUT2D eigenvalue weighted by atomic mass is 32.1. The molecule has 0 radical (unpaired) electrons. The third-order valence-corrected chi connectivity index (χ3v) is 4.78. The van der Waals surface area contributed by atoms with Gasteiger partial charge in [0.2, 0.25) is 5.91 Å². The van der Waals surface area contributed by atoms with Crippen LogP contribution in [0, 0.1) is 5.82 Å². The minimum absolute atomic E-state index is 0.105. The Labute approximate surface area is 178 Å². The molecule has 6 nitrogen and oxygen atoms in total. The maximum Gasteiger partial charge on any atom is 0.276 e. The van der Waals surface area contributed by atoms with Gasteiger partial charge < -0.3 is 10.2 Å². The lowest BCUT2D eigenvalue weighted by Gasteiger charge is -2.33. The summed E-state index contributed by atoms with van der Waals surface area (Å²) >= 11 is 1.06. The molecule has 8 heteroatoms. The average Bonchev–Trinajstić information content (AvgIpc) is 3.23. The van der Waals surface area contributed by atoms with Crippen molar-refractivity contribution in [3.8, 4) is 0 Å². The normalized spacial score (nSPS) is 12.3. The third-order valence-electron chi connectivity index (χ3n) is 4.28. The molecule has 1 N–H and O–H groups in total. The van der Waals surface area contributed by atoms with Crippen molar-refractivity contribution in [2.75, 3.05) is 0 Å². The van der Waals surface area contributed by atoms with Gasteiger partial charge in [0, 0.05) is 17.5 Å². The zero-order valence-corrected chi connectivity index (χ0v) is 17.8. The fourth-order valence-electron chi connectivity index (χ4n) is 3.02. The highest BCUT2D eigenvalue weighted by Crippen LogP contribution is 2.26. The van der Waals surface area contributed by atoms with Gasteiger partial charge in [0.1, 0.15) is 11.9 Å². The summed E-state index contributed by atoms with van der Waals surface area (Å²) in [6.07, 6.45) is 0. The molecule has 1 aromatic heterocycles. The summed E-state index contributed by atoms with van der Waals surface area (Å²) in [6, 6.07) is 14.0. The summed E-state index contributed by atoms with van der Waals surface area (Å²) in [5, 5.41) is 8.40. The summed E-state index contributed by atoms with van der Waals surface area (Å²) in [6.45, 7) is 5.74. The molecule has 0 saturated carbocycles. The van der Waals surface area contributed by atoms with Crippen LogP contribution in [-0.4, -0.2) is 31.8 Å². The van der Waals surface area contributed by atoms with Gasteiger partial charge >= 0.3 is 0 Å². The van der Waals surface area contributed by atoms with Crippen molar-refractivity contribution >= 4 is 23.3 Å². The minimum atomic E-state index is -0.898. The second-order valence-corrected chi connectivity index (χ2v) is 8.51. The largest absolute Gasteiger partial charge is 0.349 e. The van der Waals surface area contributed by atoms with E-state index in [1.807, 2.05) is 39.0 Å². The van der Waals surface area contributed by atoms with Gasteiger partial charge in [-0.15, -0.1) is 5.10 Å². The molecule has 3 aromatic rings. The highest BCUT2D eigenvalue weighted by Gasteiger charge is 2.34. The molecule has 1 heterocycles. The molecule has 0 saturated heterocycles. The first-order valence-corrected chi connectivity index (χ1v) is 10.3. The van der Waals surface area contributed by atoms with Crippen LogP contribution in [0.4, 0.5) is 4.39 Å². The van der Waals surface area contributed by atoms with E-state index in [0.717, 1.165) is 11.5 Å². The number of benzene rings is 2. The van der Waals surface area contributed by atoms with Gasteiger partial charge in [0.25, 0.3) is 5.91 Å². The number of nitrogens with one attached hydrogen (secondary N) is 1. The second-order valence-electron chi connectivity index (χ2n) is 7.90. The zero-order chi connectivity index (χ0) is 21.7. The van der Waals surface area contributed by atoms with Crippen molar-refractivity contribution in [3.05, 3.63) is 82.6 Å². The van der Waals surface area contributed by atoms with Gasteiger partial charge in [-0.2, -0.15) is 0 Å². The first-order chi connectivity index (χ1) is 14.2. The maximum absolute atomic E-state index is 13.4. The summed E-state index contributed by atoms with van der Waals surface area (Å²) in [5.41, 5.74) is 1.03. The predicted molar refractivity (Wildman–Crippen MR) is 113 cm³/mol. The smallest absolute Gasteiger partial charge is 0.276 e. The molecule has 1 atom stereocenters. The third kappa shape index (κ3) is 5.48. The SMILES string of the molecule is CC(C)(C)NC(=O)[C@@H](c1ccccc1)N(Cc1ccc(F)cc1)C(=O)c1csnn1. The number of carbonyl (C=O) groups is 2. The molecule has 156 valence electrons. The first-order valence-electron chi connectivity index (χ1n) is 9.44. The van der Waals surface area contributed by atoms with Crippen molar-refractivity contribution in [3.63, 3.8) is 0 Å². The van der Waals surface area contributed by atoms with Crippen molar-refractivity contribution in [1.82, 2.24) is 19.8 Å². The molecule has 0 aliphatic heterocycles.